The summed E-state index contributed by atoms with van der Waals surface area (Å²) in [7, 11) is 2.04. The maximum Gasteiger partial charge on any atom is 0.115 e. The van der Waals surface area contributed by atoms with Crippen LogP contribution in [0.5, 0.6) is 5.75 Å². The van der Waals surface area contributed by atoms with E-state index in [4.69, 9.17) is 0 Å². The first-order chi connectivity index (χ1) is 13.0. The normalized spacial score (nSPS) is 32.8. The van der Waals surface area contributed by atoms with Gasteiger partial charge in [-0.2, -0.15) is 5.10 Å². The van der Waals surface area contributed by atoms with Gasteiger partial charge in [-0.05, 0) is 63.4 Å². The minimum absolute atomic E-state index is 0.386. The molecule has 5 heteroatoms. The molecule has 27 heavy (non-hydrogen) atoms. The van der Waals surface area contributed by atoms with Crippen molar-refractivity contribution in [2.45, 2.75) is 51.2 Å². The van der Waals surface area contributed by atoms with E-state index < -0.39 is 0 Å². The fourth-order valence-electron chi connectivity index (χ4n) is 6.02. The molecule has 5 heterocycles. The zero-order valence-corrected chi connectivity index (χ0v) is 16.6. The number of rotatable bonds is 3. The summed E-state index contributed by atoms with van der Waals surface area (Å²) in [5.41, 5.74) is 5.13. The molecule has 4 aliphatic rings. The average molecular weight is 367 g/mol. The number of hydrogen-bond acceptors (Lipinski definition) is 4. The molecule has 4 aliphatic heterocycles. The Balaban J connectivity index is 1.51. The predicted molar refractivity (Wildman–Crippen MR) is 106 cm³/mol. The van der Waals surface area contributed by atoms with Gasteiger partial charge in [0.25, 0.3) is 0 Å². The van der Waals surface area contributed by atoms with Crippen molar-refractivity contribution in [2.24, 2.45) is 13.0 Å². The molecule has 4 fully saturated rings. The summed E-state index contributed by atoms with van der Waals surface area (Å²) >= 11 is 0. The van der Waals surface area contributed by atoms with Crippen LogP contribution < -0.4 is 0 Å². The van der Waals surface area contributed by atoms with Crippen LogP contribution in [0.15, 0.2) is 24.3 Å². The summed E-state index contributed by atoms with van der Waals surface area (Å²) < 4.78 is 2.02. The highest BCUT2D eigenvalue weighted by Crippen LogP contribution is 2.47. The number of phenols is 1. The Morgan fingerprint density at radius 2 is 1.93 bits per heavy atom. The van der Waals surface area contributed by atoms with Crippen LogP contribution in [0, 0.1) is 19.8 Å². The number of likely N-dealkylation sites (tertiary alicyclic amines) is 1. The van der Waals surface area contributed by atoms with Crippen molar-refractivity contribution in [2.75, 3.05) is 19.6 Å². The molecule has 0 unspecified atom stereocenters. The van der Waals surface area contributed by atoms with Crippen molar-refractivity contribution in [1.29, 1.82) is 0 Å². The van der Waals surface area contributed by atoms with Gasteiger partial charge in [-0.3, -0.25) is 14.5 Å². The van der Waals surface area contributed by atoms with Crippen LogP contribution in [-0.4, -0.2) is 56.4 Å². The molecule has 2 bridgehead atoms. The quantitative estimate of drug-likeness (QED) is 0.907. The van der Waals surface area contributed by atoms with Gasteiger partial charge < -0.3 is 5.11 Å². The van der Waals surface area contributed by atoms with Gasteiger partial charge in [0.1, 0.15) is 5.75 Å². The molecule has 5 nitrogen and oxygen atoms in total. The Kier molecular flexibility index (Phi) is 4.06. The second-order valence-corrected chi connectivity index (χ2v) is 8.76. The lowest BCUT2D eigenvalue weighted by Crippen LogP contribution is -2.60. The van der Waals surface area contributed by atoms with Gasteiger partial charge in [0.2, 0.25) is 0 Å². The highest BCUT2D eigenvalue weighted by Gasteiger charge is 2.53. The van der Waals surface area contributed by atoms with Gasteiger partial charge >= 0.3 is 0 Å². The molecule has 0 saturated carbocycles. The summed E-state index contributed by atoms with van der Waals surface area (Å²) in [6, 6.07) is 9.16. The molecule has 3 atom stereocenters. The van der Waals surface area contributed by atoms with Crippen molar-refractivity contribution in [3.8, 4) is 5.75 Å². The van der Waals surface area contributed by atoms with E-state index in [2.05, 4.69) is 34.8 Å². The number of nitrogens with zero attached hydrogens (tertiary/aromatic N) is 4. The van der Waals surface area contributed by atoms with Crippen molar-refractivity contribution in [1.82, 2.24) is 19.6 Å². The first-order valence-corrected chi connectivity index (χ1v) is 10.3. The van der Waals surface area contributed by atoms with Gasteiger partial charge in [-0.25, -0.2) is 0 Å². The highest BCUT2D eigenvalue weighted by atomic mass is 16.3. The fraction of sp³-hybridized carbons (Fsp3) is 0.591. The maximum absolute atomic E-state index is 10.0. The van der Waals surface area contributed by atoms with Crippen LogP contribution in [0.25, 0.3) is 0 Å². The van der Waals surface area contributed by atoms with Crippen molar-refractivity contribution in [3.63, 3.8) is 0 Å². The number of aromatic hydroxyl groups is 1. The molecule has 144 valence electrons. The van der Waals surface area contributed by atoms with Crippen molar-refractivity contribution in [3.05, 3.63) is 46.8 Å². The Bertz CT molecular complexity index is 852. The fourth-order valence-corrected chi connectivity index (χ4v) is 6.02. The summed E-state index contributed by atoms with van der Waals surface area (Å²) in [5, 5.41) is 14.7. The summed E-state index contributed by atoms with van der Waals surface area (Å²) in [6.45, 7) is 8.86. The predicted octanol–water partition coefficient (Wildman–Crippen LogP) is 2.80. The lowest BCUT2D eigenvalue weighted by molar-refractivity contribution is -0.00878. The number of hydrogen-bond donors (Lipinski definition) is 1. The maximum atomic E-state index is 10.0. The van der Waals surface area contributed by atoms with Crippen LogP contribution >= 0.6 is 0 Å². The Labute approximate surface area is 161 Å². The molecular weight excluding hydrogens is 336 g/mol. The molecule has 0 radical (unpaired) electrons. The molecule has 1 aromatic heterocycles. The standard InChI is InChI=1S/C22H30N4O/c1-14-19(15(2)24(3)23-14)12-26-13-20(17-5-4-6-18(27)11-17)22-21(26)16-7-9-25(22)10-8-16/h4-6,11,16,20-22,27H,7-10,12-13H2,1-3H3/t20-,21+,22+/m1/s1. The monoisotopic (exact) mass is 366 g/mol. The summed E-state index contributed by atoms with van der Waals surface area (Å²) in [4.78, 5) is 5.45. The van der Waals surface area contributed by atoms with E-state index in [0.717, 1.165) is 24.7 Å². The topological polar surface area (TPSA) is 44.5 Å². The lowest BCUT2D eigenvalue weighted by Gasteiger charge is -2.51. The van der Waals surface area contributed by atoms with Gasteiger partial charge in [-0.1, -0.05) is 12.1 Å². The first-order valence-electron chi connectivity index (χ1n) is 10.3. The smallest absolute Gasteiger partial charge is 0.115 e. The first kappa shape index (κ1) is 17.3. The highest BCUT2D eigenvalue weighted by molar-refractivity contribution is 5.34. The number of aryl methyl sites for hydroxylation is 2. The van der Waals surface area contributed by atoms with Gasteiger partial charge in [0.15, 0.2) is 0 Å². The molecule has 0 amide bonds. The zero-order valence-electron chi connectivity index (χ0n) is 16.6. The van der Waals surface area contributed by atoms with Crippen LogP contribution in [0.4, 0.5) is 0 Å². The van der Waals surface area contributed by atoms with Crippen LogP contribution in [0.2, 0.25) is 0 Å². The van der Waals surface area contributed by atoms with E-state index in [-0.39, 0.29) is 0 Å². The van der Waals surface area contributed by atoms with Gasteiger partial charge in [0, 0.05) is 49.4 Å². The van der Waals surface area contributed by atoms with E-state index in [1.165, 1.54) is 42.8 Å². The van der Waals surface area contributed by atoms with E-state index in [1.54, 1.807) is 6.07 Å². The number of benzene rings is 1. The van der Waals surface area contributed by atoms with Crippen LogP contribution in [0.1, 0.15) is 41.3 Å². The lowest BCUT2D eigenvalue weighted by atomic mass is 9.75. The number of fused-ring (bicyclic) bond motifs is 2. The molecule has 1 N–H and O–H groups in total. The third-order valence-corrected chi connectivity index (χ3v) is 7.41. The third kappa shape index (κ3) is 2.71. The van der Waals surface area contributed by atoms with E-state index in [1.807, 2.05) is 23.9 Å². The third-order valence-electron chi connectivity index (χ3n) is 7.41. The minimum Gasteiger partial charge on any atom is -0.508 e. The Morgan fingerprint density at radius 3 is 2.59 bits per heavy atom. The minimum atomic E-state index is 0.386. The zero-order chi connectivity index (χ0) is 18.7. The van der Waals surface area contributed by atoms with Crippen LogP contribution in [-0.2, 0) is 13.6 Å². The largest absolute Gasteiger partial charge is 0.508 e. The number of aromatic nitrogens is 2. The molecule has 1 aromatic carbocycles. The van der Waals surface area contributed by atoms with Crippen molar-refractivity contribution >= 4 is 0 Å². The molecule has 4 saturated heterocycles. The van der Waals surface area contributed by atoms with Gasteiger partial charge in [0.05, 0.1) is 5.69 Å². The molecule has 6 rings (SSSR count). The average Bonchev–Trinajstić information content (AvgIpc) is 3.18. The van der Waals surface area contributed by atoms with E-state index in [0.29, 0.717) is 23.8 Å². The SMILES string of the molecule is Cc1nn(C)c(C)c1CN1C[C@H](c2cccc(O)c2)[C@H]2[C@@H]1C1CCN2CC1. The van der Waals surface area contributed by atoms with Crippen LogP contribution in [0.3, 0.4) is 0 Å². The molecule has 2 aromatic rings. The second-order valence-electron chi connectivity index (χ2n) is 8.76. The second kappa shape index (κ2) is 6.35. The molecular formula is C22H30N4O. The van der Waals surface area contributed by atoms with Crippen molar-refractivity contribution < 1.29 is 5.11 Å². The summed E-state index contributed by atoms with van der Waals surface area (Å²) in [5.74, 6) is 1.67. The van der Waals surface area contributed by atoms with E-state index >= 15 is 0 Å². The Hall–Kier alpha value is -1.85. The van der Waals surface area contributed by atoms with E-state index in [9.17, 15) is 5.11 Å². The molecule has 0 spiro atoms. The number of piperidine rings is 3. The summed E-state index contributed by atoms with van der Waals surface area (Å²) in [6.07, 6.45) is 2.66. The number of phenolic OH excluding ortho intramolecular Hbond substituents is 1. The Morgan fingerprint density at radius 1 is 1.15 bits per heavy atom. The molecule has 0 aliphatic carbocycles. The van der Waals surface area contributed by atoms with Gasteiger partial charge in [-0.15, -0.1) is 0 Å².